The van der Waals surface area contributed by atoms with Gasteiger partial charge in [0.05, 0.1) is 0 Å². The van der Waals surface area contributed by atoms with E-state index in [9.17, 15) is 0 Å². The second-order valence-electron chi connectivity index (χ2n) is 3.05. The Balaban J connectivity index is 2.81. The van der Waals surface area contributed by atoms with Gasteiger partial charge in [0.15, 0.2) is 0 Å². The lowest BCUT2D eigenvalue weighted by Gasteiger charge is -2.07. The summed E-state index contributed by atoms with van der Waals surface area (Å²) in [6.45, 7) is 4.96. The molecule has 1 aromatic carbocycles. The van der Waals surface area contributed by atoms with Crippen LogP contribution in [0.3, 0.4) is 0 Å². The summed E-state index contributed by atoms with van der Waals surface area (Å²) >= 11 is 0. The molecule has 11 heavy (non-hydrogen) atoms. The number of nitrogens with two attached hydrogens (primary N) is 1. The summed E-state index contributed by atoms with van der Waals surface area (Å²) in [5.41, 5.74) is 8.18. The Labute approximate surface area is 68.2 Å². The zero-order valence-electron chi connectivity index (χ0n) is 7.17. The van der Waals surface area contributed by atoms with Crippen LogP contribution in [-0.4, -0.2) is 6.54 Å². The molecule has 1 aromatic rings. The van der Waals surface area contributed by atoms with E-state index >= 15 is 0 Å². The van der Waals surface area contributed by atoms with Crippen molar-refractivity contribution in [3.8, 4) is 0 Å². The minimum Gasteiger partial charge on any atom is -0.330 e. The van der Waals surface area contributed by atoms with Crippen LogP contribution in [-0.2, 0) is 0 Å². The fourth-order valence-corrected chi connectivity index (χ4v) is 1.03. The zero-order chi connectivity index (χ0) is 8.27. The van der Waals surface area contributed by atoms with Crippen molar-refractivity contribution in [2.45, 2.75) is 19.8 Å². The molecule has 0 bridgehead atoms. The molecule has 0 aliphatic rings. The van der Waals surface area contributed by atoms with Crippen molar-refractivity contribution in [2.75, 3.05) is 6.54 Å². The summed E-state index contributed by atoms with van der Waals surface area (Å²) in [7, 11) is 0. The smallest absolute Gasteiger partial charge is 0.00109 e. The summed E-state index contributed by atoms with van der Waals surface area (Å²) in [5.74, 6) is 0.482. The van der Waals surface area contributed by atoms with Crippen LogP contribution in [0.5, 0.6) is 0 Å². The second-order valence-corrected chi connectivity index (χ2v) is 3.05. The third-order valence-corrected chi connectivity index (χ3v) is 2.00. The van der Waals surface area contributed by atoms with Gasteiger partial charge in [-0.05, 0) is 24.9 Å². The molecule has 0 amide bonds. The maximum atomic E-state index is 5.54. The molecule has 1 nitrogen and oxygen atoms in total. The van der Waals surface area contributed by atoms with E-state index in [0.29, 0.717) is 5.92 Å². The highest BCUT2D eigenvalue weighted by Crippen LogP contribution is 2.13. The maximum absolute atomic E-state index is 5.54. The van der Waals surface area contributed by atoms with Crippen LogP contribution in [0.25, 0.3) is 0 Å². The molecule has 0 heterocycles. The van der Waals surface area contributed by atoms with Crippen LogP contribution in [0.15, 0.2) is 24.3 Å². The topological polar surface area (TPSA) is 26.0 Å². The van der Waals surface area contributed by atoms with Crippen LogP contribution in [0.2, 0.25) is 0 Å². The average molecular weight is 149 g/mol. The van der Waals surface area contributed by atoms with Gasteiger partial charge in [0, 0.05) is 0 Å². The van der Waals surface area contributed by atoms with E-state index in [1.54, 1.807) is 0 Å². The number of hydrogen-bond donors (Lipinski definition) is 1. The van der Waals surface area contributed by atoms with E-state index in [1.807, 2.05) is 0 Å². The standard InChI is InChI=1S/C10H15N/c1-8-3-5-10(6-4-8)9(2)7-11/h3-6,9H,7,11H2,1-2H3/t9-/m1/s1. The SMILES string of the molecule is Cc1ccc([C@H](C)CN)cc1. The van der Waals surface area contributed by atoms with Crippen LogP contribution in [0.4, 0.5) is 0 Å². The van der Waals surface area contributed by atoms with Crippen LogP contribution >= 0.6 is 0 Å². The summed E-state index contributed by atoms with van der Waals surface area (Å²) in [6.07, 6.45) is 0. The number of hydrogen-bond acceptors (Lipinski definition) is 1. The van der Waals surface area contributed by atoms with E-state index in [-0.39, 0.29) is 0 Å². The summed E-state index contributed by atoms with van der Waals surface area (Å²) in [4.78, 5) is 0. The van der Waals surface area contributed by atoms with E-state index in [1.165, 1.54) is 11.1 Å². The van der Waals surface area contributed by atoms with Gasteiger partial charge in [-0.3, -0.25) is 0 Å². The minimum atomic E-state index is 0.482. The molecule has 0 saturated heterocycles. The molecule has 1 rings (SSSR count). The summed E-state index contributed by atoms with van der Waals surface area (Å²) in [5, 5.41) is 0. The van der Waals surface area contributed by atoms with Gasteiger partial charge < -0.3 is 5.73 Å². The lowest BCUT2D eigenvalue weighted by molar-refractivity contribution is 0.774. The molecule has 1 atom stereocenters. The normalized spacial score (nSPS) is 13.0. The first kappa shape index (κ1) is 8.28. The van der Waals surface area contributed by atoms with Crippen LogP contribution in [0, 0.1) is 6.92 Å². The Kier molecular flexibility index (Phi) is 2.66. The Morgan fingerprint density at radius 3 is 2.27 bits per heavy atom. The molecule has 0 aliphatic carbocycles. The van der Waals surface area contributed by atoms with Gasteiger partial charge in [0.1, 0.15) is 0 Å². The predicted octanol–water partition coefficient (Wildman–Crippen LogP) is 2.06. The lowest BCUT2D eigenvalue weighted by Crippen LogP contribution is -2.08. The molecule has 0 aromatic heterocycles. The fourth-order valence-electron chi connectivity index (χ4n) is 1.03. The quantitative estimate of drug-likeness (QED) is 0.684. The fraction of sp³-hybridized carbons (Fsp3) is 0.400. The van der Waals surface area contributed by atoms with Crippen LogP contribution < -0.4 is 5.73 Å². The number of benzene rings is 1. The molecule has 2 N–H and O–H groups in total. The lowest BCUT2D eigenvalue weighted by atomic mass is 10.0. The molecule has 0 fully saturated rings. The second kappa shape index (κ2) is 3.54. The van der Waals surface area contributed by atoms with Gasteiger partial charge >= 0.3 is 0 Å². The third kappa shape index (κ3) is 2.05. The van der Waals surface area contributed by atoms with Gasteiger partial charge in [0.2, 0.25) is 0 Å². The highest BCUT2D eigenvalue weighted by Gasteiger charge is 2.00. The van der Waals surface area contributed by atoms with E-state index in [4.69, 9.17) is 5.73 Å². The summed E-state index contributed by atoms with van der Waals surface area (Å²) < 4.78 is 0. The number of rotatable bonds is 2. The van der Waals surface area contributed by atoms with Gasteiger partial charge in [-0.2, -0.15) is 0 Å². The largest absolute Gasteiger partial charge is 0.330 e. The Hall–Kier alpha value is -0.820. The molecular formula is C10H15N. The van der Waals surface area contributed by atoms with Gasteiger partial charge in [-0.25, -0.2) is 0 Å². The van der Waals surface area contributed by atoms with Crippen molar-refractivity contribution in [2.24, 2.45) is 5.73 Å². The van der Waals surface area contributed by atoms with Crippen molar-refractivity contribution in [3.05, 3.63) is 35.4 Å². The maximum Gasteiger partial charge on any atom is -0.00109 e. The van der Waals surface area contributed by atoms with E-state index < -0.39 is 0 Å². The molecule has 0 spiro atoms. The Morgan fingerprint density at radius 2 is 1.82 bits per heavy atom. The van der Waals surface area contributed by atoms with Crippen molar-refractivity contribution in [3.63, 3.8) is 0 Å². The van der Waals surface area contributed by atoms with Crippen molar-refractivity contribution in [1.82, 2.24) is 0 Å². The first-order chi connectivity index (χ1) is 5.24. The Morgan fingerprint density at radius 1 is 1.27 bits per heavy atom. The summed E-state index contributed by atoms with van der Waals surface area (Å²) in [6, 6.07) is 8.54. The van der Waals surface area contributed by atoms with Crippen LogP contribution in [0.1, 0.15) is 24.0 Å². The molecular weight excluding hydrogens is 134 g/mol. The van der Waals surface area contributed by atoms with Gasteiger partial charge in [-0.15, -0.1) is 0 Å². The molecule has 0 unspecified atom stereocenters. The number of aryl methyl sites for hydroxylation is 1. The predicted molar refractivity (Wildman–Crippen MR) is 48.6 cm³/mol. The highest BCUT2D eigenvalue weighted by molar-refractivity contribution is 5.24. The zero-order valence-corrected chi connectivity index (χ0v) is 7.17. The first-order valence-corrected chi connectivity index (χ1v) is 4.00. The average Bonchev–Trinajstić information content (AvgIpc) is 2.05. The minimum absolute atomic E-state index is 0.482. The first-order valence-electron chi connectivity index (χ1n) is 4.00. The third-order valence-electron chi connectivity index (χ3n) is 2.00. The van der Waals surface area contributed by atoms with E-state index in [2.05, 4.69) is 38.1 Å². The Bertz CT molecular complexity index is 213. The molecule has 1 heteroatoms. The highest BCUT2D eigenvalue weighted by atomic mass is 14.5. The van der Waals surface area contributed by atoms with Crippen molar-refractivity contribution >= 4 is 0 Å². The van der Waals surface area contributed by atoms with Crippen molar-refractivity contribution < 1.29 is 0 Å². The molecule has 0 radical (unpaired) electrons. The van der Waals surface area contributed by atoms with Gasteiger partial charge in [-0.1, -0.05) is 36.8 Å². The van der Waals surface area contributed by atoms with Crippen molar-refractivity contribution in [1.29, 1.82) is 0 Å². The van der Waals surface area contributed by atoms with Gasteiger partial charge in [0.25, 0.3) is 0 Å². The monoisotopic (exact) mass is 149 g/mol. The molecule has 0 aliphatic heterocycles. The van der Waals surface area contributed by atoms with E-state index in [0.717, 1.165) is 6.54 Å². The molecule has 60 valence electrons. The molecule has 0 saturated carbocycles.